The molecule has 2 aromatic carbocycles. The molecule has 0 atom stereocenters. The maximum Gasteiger partial charge on any atom is 0.263 e. The summed E-state index contributed by atoms with van der Waals surface area (Å²) in [7, 11) is 3.11. The zero-order valence-electron chi connectivity index (χ0n) is 13.8. The predicted molar refractivity (Wildman–Crippen MR) is 111 cm³/mol. The van der Waals surface area contributed by atoms with E-state index in [0.717, 1.165) is 16.7 Å². The van der Waals surface area contributed by atoms with Crippen molar-refractivity contribution in [1.82, 2.24) is 5.32 Å². The maximum atomic E-state index is 11.9. The Morgan fingerprint density at radius 1 is 1.08 bits per heavy atom. The Bertz CT molecular complexity index is 924. The van der Waals surface area contributed by atoms with Gasteiger partial charge in [-0.25, -0.2) is 0 Å². The lowest BCUT2D eigenvalue weighted by atomic mass is 10.0. The van der Waals surface area contributed by atoms with E-state index < -0.39 is 0 Å². The fourth-order valence-electron chi connectivity index (χ4n) is 2.57. The number of hydrogen-bond acceptors (Lipinski definition) is 5. The van der Waals surface area contributed by atoms with Gasteiger partial charge in [0.05, 0.1) is 19.1 Å². The van der Waals surface area contributed by atoms with Crippen LogP contribution >= 0.6 is 47.2 Å². The Hall–Kier alpha value is -1.73. The van der Waals surface area contributed by atoms with Crippen molar-refractivity contribution in [1.29, 1.82) is 0 Å². The van der Waals surface area contributed by atoms with Crippen LogP contribution < -0.4 is 14.8 Å². The molecule has 0 saturated carbocycles. The summed E-state index contributed by atoms with van der Waals surface area (Å²) in [5.74, 6) is 0.855. The number of benzene rings is 2. The van der Waals surface area contributed by atoms with Crippen molar-refractivity contribution >= 4 is 63.5 Å². The summed E-state index contributed by atoms with van der Waals surface area (Å²) in [4.78, 5) is 12.4. The van der Waals surface area contributed by atoms with Crippen LogP contribution in [0.4, 0.5) is 0 Å². The molecule has 1 amide bonds. The van der Waals surface area contributed by atoms with E-state index in [4.69, 9.17) is 44.9 Å². The van der Waals surface area contributed by atoms with Gasteiger partial charge in [0.15, 0.2) is 11.5 Å². The number of methoxy groups -OCH3 is 2. The van der Waals surface area contributed by atoms with Gasteiger partial charge in [0.25, 0.3) is 5.91 Å². The van der Waals surface area contributed by atoms with E-state index in [0.29, 0.717) is 30.8 Å². The van der Waals surface area contributed by atoms with Crippen molar-refractivity contribution in [3.8, 4) is 22.6 Å². The molecule has 1 aliphatic heterocycles. The van der Waals surface area contributed by atoms with Gasteiger partial charge in [0.2, 0.25) is 0 Å². The quantitative estimate of drug-likeness (QED) is 0.540. The minimum Gasteiger partial charge on any atom is -0.493 e. The highest BCUT2D eigenvalue weighted by Crippen LogP contribution is 2.41. The van der Waals surface area contributed by atoms with Crippen LogP contribution in [0.5, 0.6) is 11.5 Å². The lowest BCUT2D eigenvalue weighted by Gasteiger charge is -2.15. The van der Waals surface area contributed by atoms with E-state index >= 15 is 0 Å². The van der Waals surface area contributed by atoms with Gasteiger partial charge in [0.1, 0.15) is 4.32 Å². The molecule has 0 radical (unpaired) electrons. The van der Waals surface area contributed by atoms with E-state index in [9.17, 15) is 4.79 Å². The number of thiocarbonyl (C=S) groups is 1. The maximum absolute atomic E-state index is 11.9. The van der Waals surface area contributed by atoms with Crippen molar-refractivity contribution in [3.63, 3.8) is 0 Å². The number of amides is 1. The number of hydrogen-bond donors (Lipinski definition) is 1. The van der Waals surface area contributed by atoms with Crippen LogP contribution in [0, 0.1) is 0 Å². The largest absolute Gasteiger partial charge is 0.493 e. The summed E-state index contributed by atoms with van der Waals surface area (Å²) >= 11 is 18.5. The van der Waals surface area contributed by atoms with Crippen LogP contribution in [0.2, 0.25) is 10.0 Å². The van der Waals surface area contributed by atoms with Crippen LogP contribution in [-0.4, -0.2) is 24.4 Å². The van der Waals surface area contributed by atoms with Crippen molar-refractivity contribution < 1.29 is 14.3 Å². The van der Waals surface area contributed by atoms with Gasteiger partial charge in [-0.05, 0) is 47.5 Å². The zero-order chi connectivity index (χ0) is 18.8. The first-order chi connectivity index (χ1) is 12.4. The Morgan fingerprint density at radius 2 is 1.77 bits per heavy atom. The summed E-state index contributed by atoms with van der Waals surface area (Å²) in [6.45, 7) is 0. The predicted octanol–water partition coefficient (Wildman–Crippen LogP) is 5.17. The third-order valence-corrected chi connectivity index (χ3v) is 5.21. The Labute approximate surface area is 170 Å². The molecular formula is C18H13Cl2NO3S2. The molecule has 1 aliphatic rings. The molecule has 0 spiro atoms. The lowest BCUT2D eigenvalue weighted by Crippen LogP contribution is -2.17. The van der Waals surface area contributed by atoms with Gasteiger partial charge >= 0.3 is 0 Å². The van der Waals surface area contributed by atoms with Crippen molar-refractivity contribution in [2.75, 3.05) is 14.2 Å². The minimum absolute atomic E-state index is 0.220. The van der Waals surface area contributed by atoms with Gasteiger partial charge in [-0.15, -0.1) is 0 Å². The Morgan fingerprint density at radius 3 is 2.31 bits per heavy atom. The summed E-state index contributed by atoms with van der Waals surface area (Å²) in [5, 5.41) is 3.61. The highest BCUT2D eigenvalue weighted by atomic mass is 35.5. The first-order valence-electron chi connectivity index (χ1n) is 7.38. The summed E-state index contributed by atoms with van der Waals surface area (Å²) in [5.41, 5.74) is 2.28. The zero-order valence-corrected chi connectivity index (χ0v) is 16.9. The average Bonchev–Trinajstić information content (AvgIpc) is 2.90. The standard InChI is InChI=1S/C18H13Cl2NO3S2/c1-23-14-4-9(5-15-17(22)21-18(25)26-15)3-13(16(14)24-2)10-6-11(19)8-12(20)7-10/h3-8H,1-2H3,(H,21,22,25)/b15-5-. The third-order valence-electron chi connectivity index (χ3n) is 3.61. The fraction of sp³-hybridized carbons (Fsp3) is 0.111. The molecule has 0 aromatic heterocycles. The van der Waals surface area contributed by atoms with E-state index in [1.807, 2.05) is 6.07 Å². The van der Waals surface area contributed by atoms with Crippen LogP contribution in [0.25, 0.3) is 17.2 Å². The molecule has 4 nitrogen and oxygen atoms in total. The molecule has 1 saturated heterocycles. The molecule has 2 aromatic rings. The van der Waals surface area contributed by atoms with Gasteiger partial charge in [0, 0.05) is 15.6 Å². The summed E-state index contributed by atoms with van der Waals surface area (Å²) in [6.07, 6.45) is 1.75. The summed E-state index contributed by atoms with van der Waals surface area (Å²) in [6, 6.07) is 8.90. The fourth-order valence-corrected chi connectivity index (χ4v) is 4.14. The van der Waals surface area contributed by atoms with Crippen LogP contribution in [-0.2, 0) is 4.79 Å². The molecule has 1 heterocycles. The highest BCUT2D eigenvalue weighted by Gasteiger charge is 2.23. The van der Waals surface area contributed by atoms with Gasteiger partial charge in [-0.2, -0.15) is 0 Å². The highest BCUT2D eigenvalue weighted by molar-refractivity contribution is 8.26. The average molecular weight is 426 g/mol. The molecular weight excluding hydrogens is 413 g/mol. The SMILES string of the molecule is COc1cc(/C=C2\SC(=S)NC2=O)cc(-c2cc(Cl)cc(Cl)c2)c1OC. The minimum atomic E-state index is -0.220. The Kier molecular flexibility index (Phi) is 5.77. The molecule has 1 N–H and O–H groups in total. The number of thioether (sulfide) groups is 1. The second-order valence-electron chi connectivity index (χ2n) is 5.31. The number of halogens is 2. The number of rotatable bonds is 4. The molecule has 3 rings (SSSR count). The van der Waals surface area contributed by atoms with Crippen LogP contribution in [0.3, 0.4) is 0 Å². The second-order valence-corrected chi connectivity index (χ2v) is 7.91. The number of carbonyl (C=O) groups excluding carboxylic acids is 1. The van der Waals surface area contributed by atoms with Gasteiger partial charge in [-0.3, -0.25) is 4.79 Å². The van der Waals surface area contributed by atoms with E-state index in [1.54, 1.807) is 44.6 Å². The second kappa shape index (κ2) is 7.88. The van der Waals surface area contributed by atoms with E-state index in [-0.39, 0.29) is 5.91 Å². The lowest BCUT2D eigenvalue weighted by molar-refractivity contribution is -0.115. The first-order valence-corrected chi connectivity index (χ1v) is 9.36. The summed E-state index contributed by atoms with van der Waals surface area (Å²) < 4.78 is 11.4. The monoisotopic (exact) mass is 425 g/mol. The third kappa shape index (κ3) is 3.99. The van der Waals surface area contributed by atoms with Gasteiger partial charge in [-0.1, -0.05) is 47.2 Å². The van der Waals surface area contributed by atoms with Crippen molar-refractivity contribution in [2.24, 2.45) is 0 Å². The molecule has 26 heavy (non-hydrogen) atoms. The molecule has 8 heteroatoms. The van der Waals surface area contributed by atoms with Crippen molar-refractivity contribution in [2.45, 2.75) is 0 Å². The topological polar surface area (TPSA) is 47.6 Å². The number of ether oxygens (including phenoxy) is 2. The van der Waals surface area contributed by atoms with E-state index in [1.165, 1.54) is 11.8 Å². The molecule has 1 fully saturated rings. The van der Waals surface area contributed by atoms with Gasteiger partial charge < -0.3 is 14.8 Å². The van der Waals surface area contributed by atoms with Crippen molar-refractivity contribution in [3.05, 3.63) is 50.8 Å². The normalized spacial score (nSPS) is 15.3. The Balaban J connectivity index is 2.18. The smallest absolute Gasteiger partial charge is 0.263 e. The van der Waals surface area contributed by atoms with Crippen LogP contribution in [0.1, 0.15) is 5.56 Å². The molecule has 0 aliphatic carbocycles. The molecule has 0 bridgehead atoms. The number of carbonyl (C=O) groups is 1. The number of nitrogens with one attached hydrogen (secondary N) is 1. The van der Waals surface area contributed by atoms with E-state index in [2.05, 4.69) is 5.32 Å². The van der Waals surface area contributed by atoms with Crippen LogP contribution in [0.15, 0.2) is 35.2 Å². The molecule has 0 unspecified atom stereocenters. The first kappa shape index (κ1) is 19.0. The molecule has 134 valence electrons.